The molecule has 9 heteroatoms. The number of aryl methyl sites for hydroxylation is 1. The van der Waals surface area contributed by atoms with E-state index in [9.17, 15) is 26.7 Å². The Kier molecular flexibility index (Phi) is 10.6. The van der Waals surface area contributed by atoms with E-state index in [2.05, 4.69) is 6.08 Å². The topological polar surface area (TPSA) is 109 Å². The Morgan fingerprint density at radius 3 is 2.09 bits per heavy atom. The number of benzene rings is 3. The third-order valence-corrected chi connectivity index (χ3v) is 15.4. The highest BCUT2D eigenvalue weighted by Crippen LogP contribution is 2.50. The van der Waals surface area contributed by atoms with Crippen LogP contribution in [0.15, 0.2) is 119 Å². The normalized spacial score (nSPS) is 21.5. The minimum Gasteiger partial charge on any atom is -0.392 e. The number of fused-ring (bicyclic) bond motifs is 1. The maximum Gasteiger partial charge on any atom is 0.222 e. The molecule has 3 aromatic rings. The minimum absolute atomic E-state index is 0.0766. The highest BCUT2D eigenvalue weighted by atomic mass is 32.3. The van der Waals surface area contributed by atoms with Gasteiger partial charge in [0.1, 0.15) is 0 Å². The van der Waals surface area contributed by atoms with Crippen LogP contribution in [-0.2, 0) is 28.5 Å². The van der Waals surface area contributed by atoms with Crippen LogP contribution in [0.4, 0.5) is 0 Å². The van der Waals surface area contributed by atoms with Gasteiger partial charge in [0.2, 0.25) is 29.7 Å². The van der Waals surface area contributed by atoms with Crippen molar-refractivity contribution >= 4 is 25.6 Å². The molecule has 5 rings (SSSR count). The molecule has 0 spiro atoms. The molecule has 47 heavy (non-hydrogen) atoms. The summed E-state index contributed by atoms with van der Waals surface area (Å²) in [6.45, 7) is 1.81. The molecule has 4 atom stereocenters. The van der Waals surface area contributed by atoms with E-state index in [1.807, 2.05) is 19.1 Å². The molecular formula is C38H45NO6S2. The SMILES string of the molecule is Cc1cccc(C(C/C=C/[C@@H]2[C@H]3CC(CCCCC(=O)N(C)C)=C[C@H]3C[C@H]2O)(S(=O)(=O)c2ccccc2)S(=O)(=O)c2ccccc2)c1. The third-order valence-electron chi connectivity index (χ3n) is 9.77. The first kappa shape index (κ1) is 34.8. The lowest BCUT2D eigenvalue weighted by Gasteiger charge is -2.33. The zero-order valence-electron chi connectivity index (χ0n) is 27.3. The average molecular weight is 676 g/mol. The number of aliphatic hydroxyl groups excluding tert-OH is 1. The Bertz CT molecular complexity index is 1760. The van der Waals surface area contributed by atoms with E-state index >= 15 is 0 Å². The Balaban J connectivity index is 1.49. The third kappa shape index (κ3) is 6.89. The van der Waals surface area contributed by atoms with Crippen molar-refractivity contribution in [3.05, 3.63) is 120 Å². The summed E-state index contributed by atoms with van der Waals surface area (Å²) in [6, 6.07) is 22.3. The molecule has 0 radical (unpaired) electrons. The molecule has 0 unspecified atom stereocenters. The summed E-state index contributed by atoms with van der Waals surface area (Å²) in [6.07, 6.45) is 9.46. The quantitative estimate of drug-likeness (QED) is 0.161. The molecule has 1 N–H and O–H groups in total. The number of carbonyl (C=O) groups is 1. The smallest absolute Gasteiger partial charge is 0.222 e. The molecule has 0 heterocycles. The first-order chi connectivity index (χ1) is 22.4. The molecule has 250 valence electrons. The molecule has 7 nitrogen and oxygen atoms in total. The number of amides is 1. The molecule has 1 fully saturated rings. The molecule has 0 aliphatic heterocycles. The van der Waals surface area contributed by atoms with Gasteiger partial charge in [-0.25, -0.2) is 16.8 Å². The highest BCUT2D eigenvalue weighted by molar-refractivity contribution is 8.09. The van der Waals surface area contributed by atoms with Gasteiger partial charge < -0.3 is 10.0 Å². The number of sulfone groups is 2. The molecule has 3 aromatic carbocycles. The fourth-order valence-corrected chi connectivity index (χ4v) is 12.3. The number of carbonyl (C=O) groups excluding carboxylic acids is 1. The zero-order chi connectivity index (χ0) is 33.8. The van der Waals surface area contributed by atoms with E-state index in [0.29, 0.717) is 12.8 Å². The summed E-state index contributed by atoms with van der Waals surface area (Å²) in [5, 5.41) is 11.1. The summed E-state index contributed by atoms with van der Waals surface area (Å²) < 4.78 is 56.9. The van der Waals surface area contributed by atoms with Crippen LogP contribution in [0.1, 0.15) is 56.1 Å². The summed E-state index contributed by atoms with van der Waals surface area (Å²) in [7, 11) is -5.54. The van der Waals surface area contributed by atoms with E-state index in [1.54, 1.807) is 79.7 Å². The Labute approximate surface area is 279 Å². The maximum absolute atomic E-state index is 14.8. The van der Waals surface area contributed by atoms with Gasteiger partial charge in [-0.2, -0.15) is 0 Å². The fraction of sp³-hybridized carbons (Fsp3) is 0.395. The van der Waals surface area contributed by atoms with Crippen molar-refractivity contribution in [2.24, 2.45) is 17.8 Å². The van der Waals surface area contributed by atoms with Crippen LogP contribution in [0, 0.1) is 24.7 Å². The summed E-state index contributed by atoms with van der Waals surface area (Å²) in [4.78, 5) is 13.4. The zero-order valence-corrected chi connectivity index (χ0v) is 29.0. The van der Waals surface area contributed by atoms with E-state index in [1.165, 1.54) is 29.8 Å². The minimum atomic E-state index is -4.54. The van der Waals surface area contributed by atoms with Crippen molar-refractivity contribution in [2.45, 2.75) is 71.8 Å². The van der Waals surface area contributed by atoms with Gasteiger partial charge in [0.05, 0.1) is 15.9 Å². The van der Waals surface area contributed by atoms with Crippen LogP contribution in [0.3, 0.4) is 0 Å². The molecular weight excluding hydrogens is 631 g/mol. The van der Waals surface area contributed by atoms with Gasteiger partial charge in [-0.3, -0.25) is 4.79 Å². The van der Waals surface area contributed by atoms with Gasteiger partial charge in [0.25, 0.3) is 0 Å². The second kappa shape index (κ2) is 14.3. The van der Waals surface area contributed by atoms with Crippen molar-refractivity contribution in [2.75, 3.05) is 14.1 Å². The lowest BCUT2D eigenvalue weighted by molar-refractivity contribution is -0.128. The van der Waals surface area contributed by atoms with E-state index in [4.69, 9.17) is 0 Å². The lowest BCUT2D eigenvalue weighted by atomic mass is 9.88. The van der Waals surface area contributed by atoms with Gasteiger partial charge in [-0.05, 0) is 80.7 Å². The molecule has 0 bridgehead atoms. The van der Waals surface area contributed by atoms with Crippen LogP contribution < -0.4 is 0 Å². The van der Waals surface area contributed by atoms with E-state index in [0.717, 1.165) is 31.2 Å². The standard InChI is InChI=1S/C38H45NO6S2/c1-28-14-12-16-31(24-28)38(46(42,43)32-17-6-4-7-18-32,47(44,45)33-19-8-5-9-20-33)23-13-21-34-35-26-29(25-30(35)27-36(34)40)15-10-11-22-37(41)39(2)3/h4-9,12-14,16-21,24-25,30,34-36,40H,10-11,15,22-23,26-27H2,1-3H3/b21-13+/t30-,34+,35-,36+/m0/s1. The van der Waals surface area contributed by atoms with Crippen LogP contribution in [0.5, 0.6) is 0 Å². The first-order valence-corrected chi connectivity index (χ1v) is 19.3. The van der Waals surface area contributed by atoms with Crippen molar-refractivity contribution in [1.29, 1.82) is 0 Å². The second-order valence-electron chi connectivity index (χ2n) is 13.1. The van der Waals surface area contributed by atoms with Gasteiger partial charge in [-0.1, -0.05) is 90.0 Å². The number of unbranched alkanes of at least 4 members (excludes halogenated alkanes) is 1. The van der Waals surface area contributed by atoms with E-state index < -0.39 is 29.9 Å². The summed E-state index contributed by atoms with van der Waals surface area (Å²) in [5.41, 5.74) is 2.25. The van der Waals surface area contributed by atoms with Crippen molar-refractivity contribution < 1.29 is 26.7 Å². The van der Waals surface area contributed by atoms with Crippen LogP contribution in [0.25, 0.3) is 0 Å². The van der Waals surface area contributed by atoms with Crippen molar-refractivity contribution in [3.8, 4) is 0 Å². The predicted octanol–water partition coefficient (Wildman–Crippen LogP) is 6.63. The van der Waals surface area contributed by atoms with Crippen molar-refractivity contribution in [1.82, 2.24) is 4.90 Å². The predicted molar refractivity (Wildman–Crippen MR) is 185 cm³/mol. The van der Waals surface area contributed by atoms with Gasteiger partial charge in [0.15, 0.2) is 0 Å². The Hall–Kier alpha value is -3.53. The molecule has 2 aliphatic carbocycles. The molecule has 0 aromatic heterocycles. The Morgan fingerprint density at radius 2 is 1.51 bits per heavy atom. The monoisotopic (exact) mass is 675 g/mol. The van der Waals surface area contributed by atoms with Gasteiger partial charge in [0, 0.05) is 32.9 Å². The highest BCUT2D eigenvalue weighted by Gasteiger charge is 2.57. The van der Waals surface area contributed by atoms with Crippen LogP contribution in [0.2, 0.25) is 0 Å². The Morgan fingerprint density at radius 1 is 0.894 bits per heavy atom. The van der Waals surface area contributed by atoms with E-state index in [-0.39, 0.29) is 45.4 Å². The maximum atomic E-state index is 14.8. The van der Waals surface area contributed by atoms with Crippen LogP contribution >= 0.6 is 0 Å². The number of nitrogens with zero attached hydrogens (tertiary/aromatic N) is 1. The second-order valence-corrected chi connectivity index (χ2v) is 17.7. The molecule has 1 amide bonds. The number of allylic oxidation sites excluding steroid dienone is 3. The first-order valence-electron chi connectivity index (χ1n) is 16.3. The largest absolute Gasteiger partial charge is 0.392 e. The lowest BCUT2D eigenvalue weighted by Crippen LogP contribution is -2.43. The number of hydrogen-bond donors (Lipinski definition) is 1. The fourth-order valence-electron chi connectivity index (χ4n) is 7.28. The summed E-state index contributed by atoms with van der Waals surface area (Å²) in [5.74, 6) is 0.254. The molecule has 0 saturated heterocycles. The van der Waals surface area contributed by atoms with Gasteiger partial charge >= 0.3 is 0 Å². The van der Waals surface area contributed by atoms with Crippen molar-refractivity contribution in [3.63, 3.8) is 0 Å². The van der Waals surface area contributed by atoms with Gasteiger partial charge in [-0.15, -0.1) is 0 Å². The molecule has 2 aliphatic rings. The molecule has 1 saturated carbocycles. The van der Waals surface area contributed by atoms with Crippen LogP contribution in [-0.4, -0.2) is 52.9 Å². The number of aliphatic hydroxyl groups is 1. The number of hydrogen-bond acceptors (Lipinski definition) is 6. The average Bonchev–Trinajstić information content (AvgIpc) is 3.57. The summed E-state index contributed by atoms with van der Waals surface area (Å²) >= 11 is 0. The number of rotatable bonds is 13.